The molecule has 2 rings (SSSR count). The van der Waals surface area contributed by atoms with Crippen LogP contribution in [0.1, 0.15) is 18.5 Å². The van der Waals surface area contributed by atoms with Gasteiger partial charge < -0.3 is 14.8 Å². The lowest BCUT2D eigenvalue weighted by Gasteiger charge is -2.20. The first-order chi connectivity index (χ1) is 12.8. The van der Waals surface area contributed by atoms with Crippen LogP contribution in [0.5, 0.6) is 11.5 Å². The second-order valence-electron chi connectivity index (χ2n) is 5.98. The van der Waals surface area contributed by atoms with Crippen LogP contribution in [0.15, 0.2) is 53.4 Å². The Bertz CT molecular complexity index is 884. The zero-order chi connectivity index (χ0) is 20.0. The van der Waals surface area contributed by atoms with Crippen LogP contribution >= 0.6 is 0 Å². The minimum atomic E-state index is -3.86. The van der Waals surface area contributed by atoms with Gasteiger partial charge in [0.25, 0.3) is 0 Å². The molecule has 27 heavy (non-hydrogen) atoms. The quantitative estimate of drug-likeness (QED) is 0.744. The van der Waals surface area contributed by atoms with Gasteiger partial charge in [0.1, 0.15) is 0 Å². The maximum Gasteiger partial charge on any atom is 0.243 e. The zero-order valence-corrected chi connectivity index (χ0v) is 16.6. The number of likely N-dealkylation sites (N-methyl/N-ethyl adjacent to an activating group) is 1. The fourth-order valence-electron chi connectivity index (χ4n) is 2.56. The highest BCUT2D eigenvalue weighted by molar-refractivity contribution is 7.89. The molecule has 0 saturated heterocycles. The molecule has 0 heterocycles. The molecule has 2 aromatic rings. The van der Waals surface area contributed by atoms with Crippen LogP contribution in [0.3, 0.4) is 0 Å². The van der Waals surface area contributed by atoms with E-state index in [0.717, 1.165) is 9.87 Å². The maximum absolute atomic E-state index is 12.7. The van der Waals surface area contributed by atoms with Crippen LogP contribution in [-0.2, 0) is 14.8 Å². The van der Waals surface area contributed by atoms with Crippen LogP contribution in [0.2, 0.25) is 0 Å². The number of ether oxygens (including phenoxy) is 2. The normalized spacial score (nSPS) is 12.5. The number of hydrogen-bond donors (Lipinski definition) is 1. The van der Waals surface area contributed by atoms with Gasteiger partial charge in [0, 0.05) is 13.1 Å². The van der Waals surface area contributed by atoms with Gasteiger partial charge in [-0.05, 0) is 24.6 Å². The van der Waals surface area contributed by atoms with Crippen molar-refractivity contribution >= 4 is 15.9 Å². The molecule has 8 heteroatoms. The summed E-state index contributed by atoms with van der Waals surface area (Å²) in [6, 6.07) is 13.5. The number of amides is 1. The number of methoxy groups -OCH3 is 2. The van der Waals surface area contributed by atoms with Gasteiger partial charge in [0.05, 0.1) is 31.7 Å². The number of benzene rings is 2. The number of nitrogens with one attached hydrogen (secondary N) is 1. The first-order valence-electron chi connectivity index (χ1n) is 8.32. The standard InChI is InChI=1S/C19H24N2O5S/c1-14(15-8-6-5-7-9-15)20-19(22)13-21(2)27(23,24)16-10-11-17(25-3)18(12-16)26-4/h5-12,14H,13H2,1-4H3,(H,20,22)/t14-/m1/s1. The molecule has 0 aliphatic rings. The summed E-state index contributed by atoms with van der Waals surface area (Å²) in [5.74, 6) is 0.334. The third-order valence-electron chi connectivity index (χ3n) is 4.11. The van der Waals surface area contributed by atoms with Gasteiger partial charge in [0.2, 0.25) is 15.9 Å². The van der Waals surface area contributed by atoms with Crippen molar-refractivity contribution in [2.24, 2.45) is 0 Å². The molecule has 0 bridgehead atoms. The molecule has 146 valence electrons. The summed E-state index contributed by atoms with van der Waals surface area (Å²) in [4.78, 5) is 12.3. The van der Waals surface area contributed by atoms with Crippen LogP contribution < -0.4 is 14.8 Å². The largest absolute Gasteiger partial charge is 0.493 e. The molecule has 0 spiro atoms. The van der Waals surface area contributed by atoms with Crippen molar-refractivity contribution in [1.29, 1.82) is 0 Å². The molecule has 1 atom stereocenters. The van der Waals surface area contributed by atoms with E-state index < -0.39 is 15.9 Å². The van der Waals surface area contributed by atoms with E-state index in [2.05, 4.69) is 5.32 Å². The third-order valence-corrected chi connectivity index (χ3v) is 5.91. The molecule has 0 radical (unpaired) electrons. The van der Waals surface area contributed by atoms with Crippen molar-refractivity contribution in [2.45, 2.75) is 17.9 Å². The van der Waals surface area contributed by atoms with Gasteiger partial charge in [0.15, 0.2) is 11.5 Å². The van der Waals surface area contributed by atoms with Crippen LogP contribution in [-0.4, -0.2) is 46.4 Å². The van der Waals surface area contributed by atoms with Crippen molar-refractivity contribution in [3.63, 3.8) is 0 Å². The Labute approximate surface area is 160 Å². The van der Waals surface area contributed by atoms with Crippen molar-refractivity contribution in [2.75, 3.05) is 27.8 Å². The molecule has 0 aliphatic heterocycles. The van der Waals surface area contributed by atoms with Gasteiger partial charge in [-0.2, -0.15) is 4.31 Å². The minimum Gasteiger partial charge on any atom is -0.493 e. The number of carbonyl (C=O) groups is 1. The summed E-state index contributed by atoms with van der Waals surface area (Å²) in [6.45, 7) is 1.55. The van der Waals surface area contributed by atoms with E-state index in [0.29, 0.717) is 11.5 Å². The number of nitrogens with zero attached hydrogens (tertiary/aromatic N) is 1. The monoisotopic (exact) mass is 392 g/mol. The number of rotatable bonds is 8. The first-order valence-corrected chi connectivity index (χ1v) is 9.76. The smallest absolute Gasteiger partial charge is 0.243 e. The average molecular weight is 392 g/mol. The summed E-state index contributed by atoms with van der Waals surface area (Å²) in [6.07, 6.45) is 0. The highest BCUT2D eigenvalue weighted by Crippen LogP contribution is 2.30. The molecule has 0 aromatic heterocycles. The molecule has 2 aromatic carbocycles. The highest BCUT2D eigenvalue weighted by Gasteiger charge is 2.25. The second-order valence-corrected chi connectivity index (χ2v) is 8.02. The Morgan fingerprint density at radius 3 is 2.30 bits per heavy atom. The fraction of sp³-hybridized carbons (Fsp3) is 0.316. The highest BCUT2D eigenvalue weighted by atomic mass is 32.2. The van der Waals surface area contributed by atoms with Crippen LogP contribution in [0, 0.1) is 0 Å². The first kappa shape index (κ1) is 20.7. The molecule has 7 nitrogen and oxygen atoms in total. The molecular weight excluding hydrogens is 368 g/mol. The number of hydrogen-bond acceptors (Lipinski definition) is 5. The topological polar surface area (TPSA) is 84.9 Å². The fourth-order valence-corrected chi connectivity index (χ4v) is 3.70. The summed E-state index contributed by atoms with van der Waals surface area (Å²) in [7, 11) is 0.400. The molecule has 1 amide bonds. The molecule has 0 aliphatic carbocycles. The molecule has 0 unspecified atom stereocenters. The lowest BCUT2D eigenvalue weighted by molar-refractivity contribution is -0.121. The molecular formula is C19H24N2O5S. The lowest BCUT2D eigenvalue weighted by atomic mass is 10.1. The van der Waals surface area contributed by atoms with Crippen molar-refractivity contribution < 1.29 is 22.7 Å². The summed E-state index contributed by atoms with van der Waals surface area (Å²) < 4.78 is 36.7. The van der Waals surface area contributed by atoms with E-state index in [1.807, 2.05) is 37.3 Å². The number of sulfonamides is 1. The second kappa shape index (κ2) is 8.88. The lowest BCUT2D eigenvalue weighted by Crippen LogP contribution is -2.39. The van der Waals surface area contributed by atoms with Gasteiger partial charge in [-0.25, -0.2) is 8.42 Å². The summed E-state index contributed by atoms with van der Waals surface area (Å²) >= 11 is 0. The SMILES string of the molecule is COc1ccc(S(=O)(=O)N(C)CC(=O)N[C@H](C)c2ccccc2)cc1OC. The Hall–Kier alpha value is -2.58. The van der Waals surface area contributed by atoms with E-state index >= 15 is 0 Å². The summed E-state index contributed by atoms with van der Waals surface area (Å²) in [5.41, 5.74) is 0.941. The van der Waals surface area contributed by atoms with Gasteiger partial charge in [-0.1, -0.05) is 30.3 Å². The van der Waals surface area contributed by atoms with Gasteiger partial charge in [-0.15, -0.1) is 0 Å². The van der Waals surface area contributed by atoms with Gasteiger partial charge in [-0.3, -0.25) is 4.79 Å². The Kier molecular flexibility index (Phi) is 6.81. The predicted molar refractivity (Wildman–Crippen MR) is 102 cm³/mol. The van der Waals surface area contributed by atoms with Crippen LogP contribution in [0.25, 0.3) is 0 Å². The zero-order valence-electron chi connectivity index (χ0n) is 15.8. The van der Waals surface area contributed by atoms with Gasteiger partial charge >= 0.3 is 0 Å². The Morgan fingerprint density at radius 1 is 1.07 bits per heavy atom. The van der Waals surface area contributed by atoms with E-state index in [4.69, 9.17) is 9.47 Å². The molecule has 1 N–H and O–H groups in total. The van der Waals surface area contributed by atoms with Crippen molar-refractivity contribution in [1.82, 2.24) is 9.62 Å². The Morgan fingerprint density at radius 2 is 1.70 bits per heavy atom. The van der Waals surface area contributed by atoms with E-state index in [1.165, 1.54) is 39.5 Å². The van der Waals surface area contributed by atoms with E-state index in [-0.39, 0.29) is 17.5 Å². The summed E-state index contributed by atoms with van der Waals surface area (Å²) in [5, 5.41) is 2.80. The number of carbonyl (C=O) groups excluding carboxylic acids is 1. The van der Waals surface area contributed by atoms with Crippen LogP contribution in [0.4, 0.5) is 0 Å². The van der Waals surface area contributed by atoms with Crippen molar-refractivity contribution in [3.05, 3.63) is 54.1 Å². The van der Waals surface area contributed by atoms with E-state index in [1.54, 1.807) is 0 Å². The Balaban J connectivity index is 2.09. The third kappa shape index (κ3) is 4.99. The maximum atomic E-state index is 12.7. The molecule has 0 fully saturated rings. The van der Waals surface area contributed by atoms with E-state index in [9.17, 15) is 13.2 Å². The van der Waals surface area contributed by atoms with Crippen molar-refractivity contribution in [3.8, 4) is 11.5 Å². The predicted octanol–water partition coefficient (Wildman–Crippen LogP) is 2.20. The molecule has 0 saturated carbocycles. The minimum absolute atomic E-state index is 0.0200. The average Bonchev–Trinajstić information content (AvgIpc) is 2.67.